The molecule has 3 aromatic rings. The Hall–Kier alpha value is -3.82. The lowest BCUT2D eigenvalue weighted by molar-refractivity contribution is -0.274. The summed E-state index contributed by atoms with van der Waals surface area (Å²) < 4.78 is 41.9. The molecule has 0 bridgehead atoms. The molecule has 10 heteroatoms. The number of carbonyl (C=O) groups is 1. The molecule has 0 unspecified atom stereocenters. The number of rotatable bonds is 5. The monoisotopic (exact) mass is 404 g/mol. The predicted octanol–water partition coefficient (Wildman–Crippen LogP) is 4.73. The van der Waals surface area contributed by atoms with E-state index in [1.807, 2.05) is 6.92 Å². The van der Waals surface area contributed by atoms with E-state index < -0.39 is 12.5 Å². The van der Waals surface area contributed by atoms with E-state index in [0.29, 0.717) is 17.2 Å². The topological polar surface area (TPSA) is 89.3 Å². The van der Waals surface area contributed by atoms with Crippen molar-refractivity contribution >= 4 is 23.9 Å². The van der Waals surface area contributed by atoms with Crippen LogP contribution in [0.1, 0.15) is 17.0 Å². The smallest absolute Gasteiger partial charge is 0.465 e. The zero-order valence-corrected chi connectivity index (χ0v) is 15.0. The summed E-state index contributed by atoms with van der Waals surface area (Å²) in [5, 5.41) is 15.3. The van der Waals surface area contributed by atoms with Gasteiger partial charge in [-0.15, -0.1) is 18.3 Å². The van der Waals surface area contributed by atoms with Crippen LogP contribution in [0.15, 0.2) is 48.8 Å². The molecule has 0 saturated carbocycles. The first-order chi connectivity index (χ1) is 13.7. The van der Waals surface area contributed by atoms with Gasteiger partial charge in [0.05, 0.1) is 5.69 Å². The molecule has 150 valence electrons. The zero-order chi connectivity index (χ0) is 21.0. The number of amides is 1. The molecule has 1 aromatic heterocycles. The fourth-order valence-corrected chi connectivity index (χ4v) is 2.51. The minimum atomic E-state index is -4.74. The molecule has 1 amide bonds. The minimum absolute atomic E-state index is 0.321. The van der Waals surface area contributed by atoms with Crippen LogP contribution in [0, 0.1) is 6.92 Å². The van der Waals surface area contributed by atoms with Gasteiger partial charge in [0, 0.05) is 5.69 Å². The molecule has 0 radical (unpaired) electrons. The van der Waals surface area contributed by atoms with Gasteiger partial charge in [0.25, 0.3) is 0 Å². The van der Waals surface area contributed by atoms with Crippen molar-refractivity contribution in [2.24, 2.45) is 0 Å². The highest BCUT2D eigenvalue weighted by molar-refractivity contribution is 5.83. The molecular formula is C19H15F3N4O3. The Morgan fingerprint density at radius 2 is 1.90 bits per heavy atom. The third-order valence-electron chi connectivity index (χ3n) is 3.78. The second-order valence-corrected chi connectivity index (χ2v) is 5.92. The number of benzene rings is 2. The molecule has 0 aliphatic heterocycles. The number of nitrogens with one attached hydrogen (secondary N) is 1. The average Bonchev–Trinajstić information content (AvgIpc) is 3.09. The lowest BCUT2D eigenvalue weighted by atomic mass is 10.1. The molecule has 1 heterocycles. The van der Waals surface area contributed by atoms with Gasteiger partial charge in [-0.2, -0.15) is 0 Å². The summed E-state index contributed by atoms with van der Waals surface area (Å²) in [7, 11) is 0. The van der Waals surface area contributed by atoms with Crippen molar-refractivity contribution < 1.29 is 27.8 Å². The van der Waals surface area contributed by atoms with Crippen LogP contribution in [-0.2, 0) is 0 Å². The summed E-state index contributed by atoms with van der Waals surface area (Å²) >= 11 is 0. The molecule has 0 aliphatic rings. The van der Waals surface area contributed by atoms with Gasteiger partial charge in [-0.25, -0.2) is 14.5 Å². The minimum Gasteiger partial charge on any atom is -0.465 e. The van der Waals surface area contributed by atoms with Gasteiger partial charge >= 0.3 is 12.5 Å². The van der Waals surface area contributed by atoms with E-state index in [1.54, 1.807) is 30.4 Å². The molecule has 0 saturated heterocycles. The Balaban J connectivity index is 1.71. The quantitative estimate of drug-likeness (QED) is 0.642. The zero-order valence-electron chi connectivity index (χ0n) is 15.0. The van der Waals surface area contributed by atoms with E-state index in [0.717, 1.165) is 11.1 Å². The number of hydrogen-bond donors (Lipinski definition) is 2. The Bertz CT molecular complexity index is 1040. The maximum absolute atomic E-state index is 12.2. The lowest BCUT2D eigenvalue weighted by Crippen LogP contribution is -2.17. The van der Waals surface area contributed by atoms with Crippen molar-refractivity contribution in [2.75, 3.05) is 5.32 Å². The summed E-state index contributed by atoms with van der Waals surface area (Å²) in [6.07, 6.45) is -0.997. The second-order valence-electron chi connectivity index (χ2n) is 5.92. The molecule has 0 aliphatic carbocycles. The maximum atomic E-state index is 12.2. The Morgan fingerprint density at radius 3 is 2.52 bits per heavy atom. The third-order valence-corrected chi connectivity index (χ3v) is 3.78. The van der Waals surface area contributed by atoms with E-state index in [-0.39, 0.29) is 5.75 Å². The molecule has 29 heavy (non-hydrogen) atoms. The largest absolute Gasteiger partial charge is 0.573 e. The van der Waals surface area contributed by atoms with E-state index in [4.69, 9.17) is 5.11 Å². The molecule has 7 nitrogen and oxygen atoms in total. The summed E-state index contributed by atoms with van der Waals surface area (Å²) in [4.78, 5) is 14.8. The van der Waals surface area contributed by atoms with Crippen molar-refractivity contribution in [2.45, 2.75) is 13.3 Å². The van der Waals surface area contributed by atoms with Gasteiger partial charge in [-0.3, -0.25) is 5.32 Å². The van der Waals surface area contributed by atoms with E-state index in [2.05, 4.69) is 20.1 Å². The molecule has 3 rings (SSSR count). The third kappa shape index (κ3) is 5.58. The summed E-state index contributed by atoms with van der Waals surface area (Å²) in [5.74, 6) is 0.0746. The van der Waals surface area contributed by atoms with Crippen LogP contribution in [0.3, 0.4) is 0 Å². The van der Waals surface area contributed by atoms with E-state index in [9.17, 15) is 18.0 Å². The first kappa shape index (κ1) is 19.9. The first-order valence-electron chi connectivity index (χ1n) is 8.26. The Kier molecular flexibility index (Phi) is 5.53. The Morgan fingerprint density at radius 1 is 1.17 bits per heavy atom. The summed E-state index contributed by atoms with van der Waals surface area (Å²) in [6, 6.07) is 10.3. The van der Waals surface area contributed by atoms with Crippen LogP contribution >= 0.6 is 0 Å². The van der Waals surface area contributed by atoms with Crippen LogP contribution in [0.5, 0.6) is 5.75 Å². The number of anilines is 1. The van der Waals surface area contributed by atoms with Gasteiger partial charge in [0.1, 0.15) is 12.1 Å². The van der Waals surface area contributed by atoms with Gasteiger partial charge in [0.2, 0.25) is 0 Å². The highest BCUT2D eigenvalue weighted by atomic mass is 19.4. The normalized spacial score (nSPS) is 11.6. The molecule has 0 spiro atoms. The maximum Gasteiger partial charge on any atom is 0.573 e. The van der Waals surface area contributed by atoms with Crippen LogP contribution < -0.4 is 10.1 Å². The van der Waals surface area contributed by atoms with E-state index in [1.165, 1.54) is 35.3 Å². The second kappa shape index (κ2) is 8.05. The molecule has 0 atom stereocenters. The Labute approximate surface area is 163 Å². The summed E-state index contributed by atoms with van der Waals surface area (Å²) in [6.45, 7) is 1.84. The summed E-state index contributed by atoms with van der Waals surface area (Å²) in [5.41, 5.74) is 2.69. The SMILES string of the molecule is Cc1cc(NC(=O)O)ccc1C=Cc1ncn(-c2ccc(OC(F)(F)F)cc2)n1. The lowest BCUT2D eigenvalue weighted by Gasteiger charge is -2.09. The van der Waals surface area contributed by atoms with Crippen molar-refractivity contribution in [3.63, 3.8) is 0 Å². The average molecular weight is 404 g/mol. The van der Waals surface area contributed by atoms with Crippen molar-refractivity contribution in [1.82, 2.24) is 14.8 Å². The van der Waals surface area contributed by atoms with Gasteiger partial charge in [-0.1, -0.05) is 12.1 Å². The van der Waals surface area contributed by atoms with Crippen molar-refractivity contribution in [3.05, 3.63) is 65.7 Å². The standard InChI is InChI=1S/C19H15F3N4O3/c1-12-10-14(24-18(27)28)4-2-13(12)3-9-17-23-11-26(25-17)15-5-7-16(8-6-15)29-19(20,21)22/h2-11,24H,1H3,(H,27,28). The van der Waals surface area contributed by atoms with Crippen LogP contribution in [-0.4, -0.2) is 32.3 Å². The number of aryl methyl sites for hydroxylation is 1. The van der Waals surface area contributed by atoms with Crippen molar-refractivity contribution in [3.8, 4) is 11.4 Å². The number of aromatic nitrogens is 3. The molecular weight excluding hydrogens is 389 g/mol. The molecule has 2 aromatic carbocycles. The van der Waals surface area contributed by atoms with Crippen molar-refractivity contribution in [1.29, 1.82) is 0 Å². The van der Waals surface area contributed by atoms with Crippen LogP contribution in [0.25, 0.3) is 17.8 Å². The fraction of sp³-hybridized carbons (Fsp3) is 0.105. The highest BCUT2D eigenvalue weighted by Gasteiger charge is 2.30. The molecule has 2 N–H and O–H groups in total. The number of hydrogen-bond acceptors (Lipinski definition) is 4. The number of halogens is 3. The number of nitrogens with zero attached hydrogens (tertiary/aromatic N) is 3. The predicted molar refractivity (Wildman–Crippen MR) is 99.8 cm³/mol. The van der Waals surface area contributed by atoms with Crippen LogP contribution in [0.2, 0.25) is 0 Å². The van der Waals surface area contributed by atoms with Gasteiger partial charge in [0.15, 0.2) is 5.82 Å². The van der Waals surface area contributed by atoms with E-state index >= 15 is 0 Å². The molecule has 0 fully saturated rings. The van der Waals surface area contributed by atoms with Crippen LogP contribution in [0.4, 0.5) is 23.7 Å². The van der Waals surface area contributed by atoms with Gasteiger partial charge < -0.3 is 9.84 Å². The number of alkyl halides is 3. The van der Waals surface area contributed by atoms with Gasteiger partial charge in [-0.05, 0) is 60.5 Å². The number of carboxylic acid groups (broad SMARTS) is 1. The first-order valence-corrected chi connectivity index (χ1v) is 8.26. The fourth-order valence-electron chi connectivity index (χ4n) is 2.51. The highest BCUT2D eigenvalue weighted by Crippen LogP contribution is 2.23. The number of ether oxygens (including phenoxy) is 1.